The average molecular weight is 301 g/mol. The van der Waals surface area contributed by atoms with E-state index in [0.717, 1.165) is 5.56 Å². The zero-order valence-corrected chi connectivity index (χ0v) is 11.8. The number of hydrogen-bond acceptors (Lipinski definition) is 3. The highest BCUT2D eigenvalue weighted by atomic mass is 19.4. The lowest BCUT2D eigenvalue weighted by molar-refractivity contribution is -0.148. The lowest BCUT2D eigenvalue weighted by Gasteiger charge is -2.35. The summed E-state index contributed by atoms with van der Waals surface area (Å²) in [6.07, 6.45) is -4.20. The minimum absolute atomic E-state index is 0.211. The first-order valence-electron chi connectivity index (χ1n) is 6.71. The van der Waals surface area contributed by atoms with Gasteiger partial charge in [-0.15, -0.1) is 0 Å². The van der Waals surface area contributed by atoms with Gasteiger partial charge < -0.3 is 10.6 Å². The zero-order valence-electron chi connectivity index (χ0n) is 11.8. The topological polar surface area (TPSA) is 49.6 Å². The van der Waals surface area contributed by atoms with Gasteiger partial charge in [-0.3, -0.25) is 9.69 Å². The van der Waals surface area contributed by atoms with Crippen LogP contribution in [0.5, 0.6) is 0 Å². The number of nitrogens with two attached hydrogens (primary N) is 1. The molecule has 0 atom stereocenters. The van der Waals surface area contributed by atoms with Crippen molar-refractivity contribution in [2.75, 3.05) is 38.5 Å². The van der Waals surface area contributed by atoms with E-state index in [4.69, 9.17) is 5.73 Å². The molecule has 1 saturated heterocycles. The van der Waals surface area contributed by atoms with E-state index < -0.39 is 12.7 Å². The fourth-order valence-corrected chi connectivity index (χ4v) is 2.50. The van der Waals surface area contributed by atoms with Crippen LogP contribution in [0.4, 0.5) is 18.9 Å². The van der Waals surface area contributed by atoms with Crippen LogP contribution in [0, 0.1) is 6.92 Å². The van der Waals surface area contributed by atoms with Crippen molar-refractivity contribution in [3.8, 4) is 0 Å². The van der Waals surface area contributed by atoms with Gasteiger partial charge in [-0.25, -0.2) is 0 Å². The average Bonchev–Trinajstić information content (AvgIpc) is 2.37. The van der Waals surface area contributed by atoms with Gasteiger partial charge in [0.2, 0.25) is 0 Å². The van der Waals surface area contributed by atoms with Crippen LogP contribution in [0.15, 0.2) is 18.2 Å². The van der Waals surface area contributed by atoms with Crippen LogP contribution in [0.2, 0.25) is 0 Å². The second-order valence-electron chi connectivity index (χ2n) is 5.22. The molecule has 21 heavy (non-hydrogen) atoms. The number of anilines is 1. The highest BCUT2D eigenvalue weighted by Crippen LogP contribution is 2.21. The maximum Gasteiger partial charge on any atom is 0.401 e. The van der Waals surface area contributed by atoms with Gasteiger partial charge in [0.05, 0.1) is 12.1 Å². The van der Waals surface area contributed by atoms with E-state index in [1.807, 2.05) is 0 Å². The summed E-state index contributed by atoms with van der Waals surface area (Å²) in [5, 5.41) is 0. The third kappa shape index (κ3) is 3.87. The van der Waals surface area contributed by atoms with E-state index >= 15 is 0 Å². The van der Waals surface area contributed by atoms with Crippen molar-refractivity contribution >= 4 is 11.6 Å². The molecule has 7 heteroatoms. The number of rotatable bonds is 2. The van der Waals surface area contributed by atoms with Crippen LogP contribution < -0.4 is 5.73 Å². The summed E-state index contributed by atoms with van der Waals surface area (Å²) >= 11 is 0. The summed E-state index contributed by atoms with van der Waals surface area (Å²) in [6, 6.07) is 5.21. The fourth-order valence-electron chi connectivity index (χ4n) is 2.50. The number of hydrogen-bond donors (Lipinski definition) is 1. The van der Waals surface area contributed by atoms with Crippen LogP contribution in [0.1, 0.15) is 15.9 Å². The Morgan fingerprint density at radius 1 is 1.24 bits per heavy atom. The molecule has 0 unspecified atom stereocenters. The number of nitrogens with zero attached hydrogens (tertiary/aromatic N) is 2. The second-order valence-corrected chi connectivity index (χ2v) is 5.22. The number of carbonyl (C=O) groups is 1. The molecule has 0 spiro atoms. The van der Waals surface area contributed by atoms with Crippen molar-refractivity contribution in [1.82, 2.24) is 9.80 Å². The Morgan fingerprint density at radius 3 is 2.38 bits per heavy atom. The number of amides is 1. The van der Waals surface area contributed by atoms with Crippen LogP contribution >= 0.6 is 0 Å². The molecule has 0 saturated carbocycles. The molecule has 1 fully saturated rings. The van der Waals surface area contributed by atoms with Crippen LogP contribution in [0.3, 0.4) is 0 Å². The molecule has 1 aliphatic rings. The van der Waals surface area contributed by atoms with Crippen molar-refractivity contribution in [2.45, 2.75) is 13.1 Å². The zero-order chi connectivity index (χ0) is 15.6. The Bertz CT molecular complexity index is 502. The summed E-state index contributed by atoms with van der Waals surface area (Å²) in [5.74, 6) is -0.211. The van der Waals surface area contributed by atoms with Crippen molar-refractivity contribution in [1.29, 1.82) is 0 Å². The molecule has 116 valence electrons. The van der Waals surface area contributed by atoms with Gasteiger partial charge in [0, 0.05) is 31.9 Å². The smallest absolute Gasteiger partial charge is 0.398 e. The molecule has 2 rings (SSSR count). The number of aryl methyl sites for hydroxylation is 1. The minimum atomic E-state index is -4.20. The summed E-state index contributed by atoms with van der Waals surface area (Å²) in [6.45, 7) is 1.87. The Morgan fingerprint density at radius 2 is 1.86 bits per heavy atom. The van der Waals surface area contributed by atoms with Gasteiger partial charge in [0.25, 0.3) is 5.91 Å². The maximum atomic E-state index is 12.4. The molecular formula is C14H18F3N3O. The van der Waals surface area contributed by atoms with E-state index in [0.29, 0.717) is 11.3 Å². The van der Waals surface area contributed by atoms with Crippen LogP contribution in [0.25, 0.3) is 0 Å². The summed E-state index contributed by atoms with van der Waals surface area (Å²) in [4.78, 5) is 15.3. The number of piperazine rings is 1. The quantitative estimate of drug-likeness (QED) is 0.849. The molecule has 4 nitrogen and oxygen atoms in total. The first kappa shape index (κ1) is 15.6. The van der Waals surface area contributed by atoms with Crippen molar-refractivity contribution in [3.63, 3.8) is 0 Å². The third-order valence-electron chi connectivity index (χ3n) is 3.58. The predicted octanol–water partition coefficient (Wildman–Crippen LogP) is 1.90. The molecule has 1 amide bonds. The molecule has 1 heterocycles. The number of halogens is 3. The van der Waals surface area contributed by atoms with Gasteiger partial charge in [-0.1, -0.05) is 12.1 Å². The lowest BCUT2D eigenvalue weighted by Crippen LogP contribution is -2.51. The maximum absolute atomic E-state index is 12.4. The lowest BCUT2D eigenvalue weighted by atomic mass is 10.0. The molecule has 1 aromatic rings. The van der Waals surface area contributed by atoms with E-state index in [-0.39, 0.29) is 32.1 Å². The van der Waals surface area contributed by atoms with Crippen LogP contribution in [-0.2, 0) is 0 Å². The minimum Gasteiger partial charge on any atom is -0.398 e. The largest absolute Gasteiger partial charge is 0.401 e. The van der Waals surface area contributed by atoms with Crippen molar-refractivity contribution < 1.29 is 18.0 Å². The predicted molar refractivity (Wildman–Crippen MR) is 74.0 cm³/mol. The molecule has 1 aliphatic heterocycles. The van der Waals surface area contributed by atoms with Gasteiger partial charge in [0.1, 0.15) is 0 Å². The van der Waals surface area contributed by atoms with Gasteiger partial charge in [-0.2, -0.15) is 13.2 Å². The molecule has 0 aromatic heterocycles. The third-order valence-corrected chi connectivity index (χ3v) is 3.58. The first-order chi connectivity index (χ1) is 9.78. The Labute approximate surface area is 121 Å². The Kier molecular flexibility index (Phi) is 4.41. The number of nitrogen functional groups attached to an aromatic ring is 1. The number of alkyl halides is 3. The molecule has 1 aromatic carbocycles. The molecule has 2 N–H and O–H groups in total. The summed E-state index contributed by atoms with van der Waals surface area (Å²) in [5.41, 5.74) is 7.46. The highest BCUT2D eigenvalue weighted by Gasteiger charge is 2.33. The fraction of sp³-hybridized carbons (Fsp3) is 0.500. The summed E-state index contributed by atoms with van der Waals surface area (Å²) in [7, 11) is 0. The molecule has 0 bridgehead atoms. The van der Waals surface area contributed by atoms with Crippen molar-refractivity contribution in [3.05, 3.63) is 29.3 Å². The highest BCUT2D eigenvalue weighted by molar-refractivity contribution is 6.00. The Hall–Kier alpha value is -1.76. The van der Waals surface area contributed by atoms with Gasteiger partial charge >= 0.3 is 6.18 Å². The molecule has 0 radical (unpaired) electrons. The van der Waals surface area contributed by atoms with Gasteiger partial charge in [-0.05, 0) is 18.6 Å². The number of carbonyl (C=O) groups excluding carboxylic acids is 1. The Balaban J connectivity index is 2.01. The number of benzene rings is 1. The summed E-state index contributed by atoms with van der Waals surface area (Å²) < 4.78 is 37.0. The first-order valence-corrected chi connectivity index (χ1v) is 6.71. The van der Waals surface area contributed by atoms with Crippen LogP contribution in [-0.4, -0.2) is 54.6 Å². The van der Waals surface area contributed by atoms with E-state index in [9.17, 15) is 18.0 Å². The van der Waals surface area contributed by atoms with Gasteiger partial charge in [0.15, 0.2) is 0 Å². The standard InChI is InChI=1S/C14H18F3N3O/c1-10-3-2-4-11(18)12(10)13(21)20-7-5-19(6-8-20)9-14(15,16)17/h2-4H,5-9,18H2,1H3. The van der Waals surface area contributed by atoms with E-state index in [2.05, 4.69) is 0 Å². The van der Waals surface area contributed by atoms with E-state index in [1.165, 1.54) is 4.90 Å². The second kappa shape index (κ2) is 5.93. The monoisotopic (exact) mass is 301 g/mol. The SMILES string of the molecule is Cc1cccc(N)c1C(=O)N1CCN(CC(F)(F)F)CC1. The molecular weight excluding hydrogens is 283 g/mol. The normalized spacial score (nSPS) is 17.0. The van der Waals surface area contributed by atoms with E-state index in [1.54, 1.807) is 30.0 Å². The van der Waals surface area contributed by atoms with Crippen molar-refractivity contribution in [2.24, 2.45) is 0 Å². The molecule has 0 aliphatic carbocycles.